The zero-order valence-electron chi connectivity index (χ0n) is 16.8. The largest absolute Gasteiger partial charge is 0.484 e. The average Bonchev–Trinajstić information content (AvgIpc) is 3.59. The molecule has 2 aliphatic rings. The van der Waals surface area contributed by atoms with Crippen LogP contribution in [0, 0.1) is 12.8 Å². The van der Waals surface area contributed by atoms with Gasteiger partial charge < -0.3 is 19.9 Å². The summed E-state index contributed by atoms with van der Waals surface area (Å²) in [6.45, 7) is 5.23. The van der Waals surface area contributed by atoms with Crippen molar-refractivity contribution in [2.45, 2.75) is 19.8 Å². The normalized spacial score (nSPS) is 16.4. The van der Waals surface area contributed by atoms with Gasteiger partial charge in [-0.15, -0.1) is 0 Å². The molecule has 1 aliphatic carbocycles. The van der Waals surface area contributed by atoms with Gasteiger partial charge in [0.2, 0.25) is 5.91 Å². The van der Waals surface area contributed by atoms with Gasteiger partial charge in [-0.2, -0.15) is 0 Å². The van der Waals surface area contributed by atoms with E-state index < -0.39 is 0 Å². The number of piperazine rings is 1. The van der Waals surface area contributed by atoms with Crippen LogP contribution in [0.25, 0.3) is 0 Å². The minimum absolute atomic E-state index is 0.0260. The molecule has 2 fully saturated rings. The van der Waals surface area contributed by atoms with E-state index in [1.54, 1.807) is 0 Å². The first-order valence-corrected chi connectivity index (χ1v) is 10.2. The number of nitrogens with one attached hydrogen (secondary N) is 1. The van der Waals surface area contributed by atoms with Crippen LogP contribution in [0.4, 0.5) is 11.4 Å². The molecule has 0 aromatic heterocycles. The molecule has 1 saturated carbocycles. The van der Waals surface area contributed by atoms with Crippen molar-refractivity contribution >= 4 is 23.2 Å². The Bertz CT molecular complexity index is 852. The van der Waals surface area contributed by atoms with Crippen molar-refractivity contribution in [1.29, 1.82) is 0 Å². The first-order valence-electron chi connectivity index (χ1n) is 10.2. The molecule has 4 rings (SSSR count). The van der Waals surface area contributed by atoms with Gasteiger partial charge in [0.05, 0.1) is 0 Å². The number of rotatable bonds is 6. The van der Waals surface area contributed by atoms with Crippen molar-refractivity contribution in [3.8, 4) is 5.75 Å². The second-order valence-electron chi connectivity index (χ2n) is 7.78. The highest BCUT2D eigenvalue weighted by Crippen LogP contribution is 2.31. The number of nitrogens with zero attached hydrogens (tertiary/aromatic N) is 2. The van der Waals surface area contributed by atoms with E-state index in [1.807, 2.05) is 60.4 Å². The Morgan fingerprint density at radius 2 is 1.62 bits per heavy atom. The fourth-order valence-electron chi connectivity index (χ4n) is 3.51. The predicted octanol–water partition coefficient (Wildman–Crippen LogP) is 3.07. The third kappa shape index (κ3) is 5.08. The topological polar surface area (TPSA) is 61.9 Å². The number of amides is 2. The van der Waals surface area contributed by atoms with Gasteiger partial charge in [0.25, 0.3) is 5.91 Å². The molecular weight excluding hydrogens is 366 g/mol. The van der Waals surface area contributed by atoms with Crippen molar-refractivity contribution < 1.29 is 14.3 Å². The van der Waals surface area contributed by atoms with Crippen molar-refractivity contribution in [1.82, 2.24) is 4.90 Å². The standard InChI is InChI=1S/C23H27N3O3/c1-17-2-10-21(11-3-17)29-16-22(27)24-19-6-8-20(9-7-19)25-12-14-26(15-13-25)23(28)18-4-5-18/h2-3,6-11,18H,4-5,12-16H2,1H3,(H,24,27). The monoisotopic (exact) mass is 393 g/mol. The maximum absolute atomic E-state index is 12.2. The molecule has 0 radical (unpaired) electrons. The highest BCUT2D eigenvalue weighted by Gasteiger charge is 2.34. The Kier molecular flexibility index (Phi) is 5.69. The van der Waals surface area contributed by atoms with Crippen LogP contribution < -0.4 is 15.0 Å². The van der Waals surface area contributed by atoms with Crippen LogP contribution in [0.3, 0.4) is 0 Å². The molecule has 0 bridgehead atoms. The molecule has 29 heavy (non-hydrogen) atoms. The minimum atomic E-state index is -0.189. The lowest BCUT2D eigenvalue weighted by molar-refractivity contribution is -0.132. The Morgan fingerprint density at radius 1 is 0.966 bits per heavy atom. The smallest absolute Gasteiger partial charge is 0.262 e. The quantitative estimate of drug-likeness (QED) is 0.819. The molecule has 152 valence electrons. The number of aryl methyl sites for hydroxylation is 1. The summed E-state index contributed by atoms with van der Waals surface area (Å²) < 4.78 is 5.51. The molecule has 2 aromatic rings. The summed E-state index contributed by atoms with van der Waals surface area (Å²) >= 11 is 0. The van der Waals surface area contributed by atoms with Crippen LogP contribution in [0.2, 0.25) is 0 Å². The summed E-state index contributed by atoms with van der Waals surface area (Å²) in [5.74, 6) is 1.11. The van der Waals surface area contributed by atoms with Crippen molar-refractivity contribution in [2.24, 2.45) is 5.92 Å². The summed E-state index contributed by atoms with van der Waals surface area (Å²) in [6.07, 6.45) is 2.12. The summed E-state index contributed by atoms with van der Waals surface area (Å²) in [5, 5.41) is 2.86. The van der Waals surface area contributed by atoms with Crippen LogP contribution in [0.1, 0.15) is 18.4 Å². The highest BCUT2D eigenvalue weighted by molar-refractivity contribution is 5.92. The molecule has 1 N–H and O–H groups in total. The SMILES string of the molecule is Cc1ccc(OCC(=O)Nc2ccc(N3CCN(C(=O)C4CC4)CC3)cc2)cc1. The number of carbonyl (C=O) groups excluding carboxylic acids is 2. The van der Waals surface area contributed by atoms with Crippen LogP contribution in [0.15, 0.2) is 48.5 Å². The molecule has 6 nitrogen and oxygen atoms in total. The Labute approximate surface area is 171 Å². The zero-order valence-corrected chi connectivity index (χ0v) is 16.8. The van der Waals surface area contributed by atoms with Gasteiger partial charge in [-0.05, 0) is 56.2 Å². The van der Waals surface area contributed by atoms with Gasteiger partial charge in [0.1, 0.15) is 5.75 Å². The molecule has 6 heteroatoms. The second kappa shape index (κ2) is 8.55. The lowest BCUT2D eigenvalue weighted by Gasteiger charge is -2.36. The van der Waals surface area contributed by atoms with Gasteiger partial charge >= 0.3 is 0 Å². The van der Waals surface area contributed by atoms with E-state index in [1.165, 1.54) is 0 Å². The first-order chi connectivity index (χ1) is 14.1. The van der Waals surface area contributed by atoms with E-state index in [2.05, 4.69) is 10.2 Å². The van der Waals surface area contributed by atoms with Gasteiger partial charge in [0.15, 0.2) is 6.61 Å². The van der Waals surface area contributed by atoms with Crippen molar-refractivity contribution in [3.05, 3.63) is 54.1 Å². The van der Waals surface area contributed by atoms with Crippen molar-refractivity contribution in [3.63, 3.8) is 0 Å². The fraction of sp³-hybridized carbons (Fsp3) is 0.391. The number of benzene rings is 2. The van der Waals surface area contributed by atoms with Gasteiger partial charge in [-0.3, -0.25) is 9.59 Å². The second-order valence-corrected chi connectivity index (χ2v) is 7.78. The third-order valence-electron chi connectivity index (χ3n) is 5.43. The number of carbonyl (C=O) groups is 2. The van der Waals surface area contributed by atoms with Crippen LogP contribution >= 0.6 is 0 Å². The molecule has 1 aliphatic heterocycles. The number of ether oxygens (including phenoxy) is 1. The van der Waals surface area contributed by atoms with Crippen LogP contribution in [-0.4, -0.2) is 49.5 Å². The van der Waals surface area contributed by atoms with E-state index in [-0.39, 0.29) is 12.5 Å². The van der Waals surface area contributed by atoms with Crippen molar-refractivity contribution in [2.75, 3.05) is 43.0 Å². The van der Waals surface area contributed by atoms with E-state index in [9.17, 15) is 9.59 Å². The highest BCUT2D eigenvalue weighted by atomic mass is 16.5. The number of hydrogen-bond acceptors (Lipinski definition) is 4. The lowest BCUT2D eigenvalue weighted by atomic mass is 10.2. The van der Waals surface area contributed by atoms with Crippen LogP contribution in [0.5, 0.6) is 5.75 Å². The molecule has 0 spiro atoms. The molecular formula is C23H27N3O3. The molecule has 1 saturated heterocycles. The molecule has 0 unspecified atom stereocenters. The first kappa shape index (κ1) is 19.3. The van der Waals surface area contributed by atoms with E-state index in [0.717, 1.165) is 56.0 Å². The summed E-state index contributed by atoms with van der Waals surface area (Å²) in [7, 11) is 0. The van der Waals surface area contributed by atoms with Gasteiger partial charge in [0, 0.05) is 43.5 Å². The van der Waals surface area contributed by atoms with E-state index in [0.29, 0.717) is 17.6 Å². The summed E-state index contributed by atoms with van der Waals surface area (Å²) in [4.78, 5) is 28.6. The fourth-order valence-corrected chi connectivity index (χ4v) is 3.51. The summed E-state index contributed by atoms with van der Waals surface area (Å²) in [5.41, 5.74) is 3.00. The Balaban J connectivity index is 1.24. The van der Waals surface area contributed by atoms with E-state index in [4.69, 9.17) is 4.74 Å². The van der Waals surface area contributed by atoms with Gasteiger partial charge in [-0.25, -0.2) is 0 Å². The molecule has 2 aromatic carbocycles. The average molecular weight is 393 g/mol. The number of anilines is 2. The maximum Gasteiger partial charge on any atom is 0.262 e. The molecule has 2 amide bonds. The zero-order chi connectivity index (χ0) is 20.2. The maximum atomic E-state index is 12.2. The van der Waals surface area contributed by atoms with Gasteiger partial charge in [-0.1, -0.05) is 17.7 Å². The minimum Gasteiger partial charge on any atom is -0.484 e. The van der Waals surface area contributed by atoms with Crippen LogP contribution in [-0.2, 0) is 9.59 Å². The third-order valence-corrected chi connectivity index (χ3v) is 5.43. The number of hydrogen-bond donors (Lipinski definition) is 1. The summed E-state index contributed by atoms with van der Waals surface area (Å²) in [6, 6.07) is 15.4. The van der Waals surface area contributed by atoms with E-state index >= 15 is 0 Å². The Morgan fingerprint density at radius 3 is 2.24 bits per heavy atom. The Hall–Kier alpha value is -3.02. The lowest BCUT2D eigenvalue weighted by Crippen LogP contribution is -2.49. The predicted molar refractivity (Wildman–Crippen MR) is 113 cm³/mol. The molecule has 0 atom stereocenters. The molecule has 1 heterocycles.